The van der Waals surface area contributed by atoms with Crippen LogP contribution < -0.4 is 5.73 Å². The Balaban J connectivity index is 2.14. The van der Waals surface area contributed by atoms with Crippen LogP contribution in [0.3, 0.4) is 0 Å². The lowest BCUT2D eigenvalue weighted by Gasteiger charge is -2.20. The van der Waals surface area contributed by atoms with Gasteiger partial charge in [0.25, 0.3) is 0 Å². The molecule has 0 saturated heterocycles. The maximum Gasteiger partial charge on any atom is 0.0338 e. The number of hydrogen-bond donors (Lipinski definition) is 1. The highest BCUT2D eigenvalue weighted by molar-refractivity contribution is 5.34. The lowest BCUT2D eigenvalue weighted by molar-refractivity contribution is 0.589. The molecule has 112 valence electrons. The Hall–Kier alpha value is -1.60. The molecule has 0 radical (unpaired) electrons. The van der Waals surface area contributed by atoms with Gasteiger partial charge in [-0.05, 0) is 47.9 Å². The molecule has 0 aliphatic carbocycles. The molecular weight excluding hydrogens is 254 g/mol. The van der Waals surface area contributed by atoms with E-state index in [-0.39, 0.29) is 11.5 Å². The number of nitrogens with two attached hydrogens (primary N) is 1. The van der Waals surface area contributed by atoms with Crippen molar-refractivity contribution in [2.45, 2.75) is 52.5 Å². The molecule has 2 aromatic rings. The third kappa shape index (κ3) is 3.95. The zero-order valence-corrected chi connectivity index (χ0v) is 13.9. The van der Waals surface area contributed by atoms with Crippen molar-refractivity contribution in [1.82, 2.24) is 0 Å². The Bertz CT molecular complexity index is 603. The van der Waals surface area contributed by atoms with Crippen LogP contribution in [-0.4, -0.2) is 0 Å². The maximum atomic E-state index is 6.40. The van der Waals surface area contributed by atoms with Gasteiger partial charge in [0.2, 0.25) is 0 Å². The van der Waals surface area contributed by atoms with Gasteiger partial charge in [-0.3, -0.25) is 0 Å². The second kappa shape index (κ2) is 6.03. The second-order valence-electron chi connectivity index (χ2n) is 7.12. The standard InChI is InChI=1S/C20H27N/c1-14-6-11-18(15(2)12-14)19(21)13-16-7-9-17(10-8-16)20(3,4)5/h6-12,19H,13,21H2,1-5H3. The summed E-state index contributed by atoms with van der Waals surface area (Å²) in [6.07, 6.45) is 0.883. The highest BCUT2D eigenvalue weighted by Crippen LogP contribution is 2.24. The molecule has 2 N–H and O–H groups in total. The van der Waals surface area contributed by atoms with Crippen LogP contribution in [0.4, 0.5) is 0 Å². The van der Waals surface area contributed by atoms with E-state index >= 15 is 0 Å². The van der Waals surface area contributed by atoms with Gasteiger partial charge < -0.3 is 5.73 Å². The first kappa shape index (κ1) is 15.8. The van der Waals surface area contributed by atoms with Crippen molar-refractivity contribution >= 4 is 0 Å². The van der Waals surface area contributed by atoms with E-state index in [9.17, 15) is 0 Å². The first-order chi connectivity index (χ1) is 9.77. The van der Waals surface area contributed by atoms with Crippen LogP contribution in [0, 0.1) is 13.8 Å². The van der Waals surface area contributed by atoms with Gasteiger partial charge in [0.15, 0.2) is 0 Å². The van der Waals surface area contributed by atoms with Crippen molar-refractivity contribution in [2.75, 3.05) is 0 Å². The number of benzene rings is 2. The topological polar surface area (TPSA) is 26.0 Å². The van der Waals surface area contributed by atoms with Crippen LogP contribution in [0.2, 0.25) is 0 Å². The number of hydrogen-bond acceptors (Lipinski definition) is 1. The van der Waals surface area contributed by atoms with Crippen LogP contribution >= 0.6 is 0 Å². The minimum atomic E-state index is 0.0612. The van der Waals surface area contributed by atoms with E-state index < -0.39 is 0 Å². The van der Waals surface area contributed by atoms with Crippen molar-refractivity contribution < 1.29 is 0 Å². The minimum absolute atomic E-state index is 0.0612. The van der Waals surface area contributed by atoms with Gasteiger partial charge in [-0.1, -0.05) is 68.8 Å². The Kier molecular flexibility index (Phi) is 4.53. The highest BCUT2D eigenvalue weighted by atomic mass is 14.6. The lowest BCUT2D eigenvalue weighted by Crippen LogP contribution is -2.15. The van der Waals surface area contributed by atoms with Crippen LogP contribution in [0.1, 0.15) is 54.6 Å². The van der Waals surface area contributed by atoms with E-state index in [1.807, 2.05) is 0 Å². The predicted octanol–water partition coefficient (Wildman–Crippen LogP) is 4.84. The molecule has 1 heteroatoms. The van der Waals surface area contributed by atoms with Gasteiger partial charge in [0.1, 0.15) is 0 Å². The molecule has 0 aliphatic heterocycles. The van der Waals surface area contributed by atoms with E-state index in [1.165, 1.54) is 27.8 Å². The van der Waals surface area contributed by atoms with Crippen molar-refractivity contribution in [1.29, 1.82) is 0 Å². The Morgan fingerprint density at radius 2 is 1.57 bits per heavy atom. The molecule has 1 nitrogen and oxygen atoms in total. The number of aryl methyl sites for hydroxylation is 2. The average Bonchev–Trinajstić information content (AvgIpc) is 2.38. The molecule has 0 heterocycles. The molecule has 0 bridgehead atoms. The monoisotopic (exact) mass is 281 g/mol. The fourth-order valence-electron chi connectivity index (χ4n) is 2.75. The SMILES string of the molecule is Cc1ccc(C(N)Cc2ccc(C(C)(C)C)cc2)c(C)c1. The van der Waals surface area contributed by atoms with Gasteiger partial charge in [0.05, 0.1) is 0 Å². The molecule has 0 saturated carbocycles. The minimum Gasteiger partial charge on any atom is -0.324 e. The van der Waals surface area contributed by atoms with E-state index in [4.69, 9.17) is 5.73 Å². The van der Waals surface area contributed by atoms with Gasteiger partial charge >= 0.3 is 0 Å². The molecule has 2 rings (SSSR count). The van der Waals surface area contributed by atoms with E-state index in [1.54, 1.807) is 0 Å². The zero-order chi connectivity index (χ0) is 15.6. The summed E-state index contributed by atoms with van der Waals surface area (Å²) in [4.78, 5) is 0. The summed E-state index contributed by atoms with van der Waals surface area (Å²) < 4.78 is 0. The molecule has 0 aromatic heterocycles. The smallest absolute Gasteiger partial charge is 0.0338 e. The number of rotatable bonds is 3. The van der Waals surface area contributed by atoms with Crippen LogP contribution in [0.5, 0.6) is 0 Å². The highest BCUT2D eigenvalue weighted by Gasteiger charge is 2.14. The van der Waals surface area contributed by atoms with Crippen LogP contribution in [0.25, 0.3) is 0 Å². The third-order valence-electron chi connectivity index (χ3n) is 4.10. The van der Waals surface area contributed by atoms with Crippen molar-refractivity contribution in [3.05, 3.63) is 70.3 Å². The van der Waals surface area contributed by atoms with Crippen molar-refractivity contribution in [3.8, 4) is 0 Å². The summed E-state index contributed by atoms with van der Waals surface area (Å²) in [7, 11) is 0. The van der Waals surface area contributed by atoms with Gasteiger partial charge in [-0.2, -0.15) is 0 Å². The van der Waals surface area contributed by atoms with E-state index in [0.29, 0.717) is 0 Å². The first-order valence-corrected chi connectivity index (χ1v) is 7.69. The molecule has 0 amide bonds. The third-order valence-corrected chi connectivity index (χ3v) is 4.10. The van der Waals surface area contributed by atoms with Gasteiger partial charge in [-0.25, -0.2) is 0 Å². The molecule has 2 aromatic carbocycles. The Morgan fingerprint density at radius 1 is 0.952 bits per heavy atom. The average molecular weight is 281 g/mol. The van der Waals surface area contributed by atoms with E-state index in [2.05, 4.69) is 77.1 Å². The maximum absolute atomic E-state index is 6.40. The molecule has 0 fully saturated rings. The van der Waals surface area contributed by atoms with Crippen molar-refractivity contribution in [2.24, 2.45) is 5.73 Å². The molecule has 1 unspecified atom stereocenters. The largest absolute Gasteiger partial charge is 0.324 e. The summed E-state index contributed by atoms with van der Waals surface area (Å²) >= 11 is 0. The summed E-state index contributed by atoms with van der Waals surface area (Å²) in [6, 6.07) is 15.5. The van der Waals surface area contributed by atoms with Crippen LogP contribution in [-0.2, 0) is 11.8 Å². The van der Waals surface area contributed by atoms with Gasteiger partial charge in [-0.15, -0.1) is 0 Å². The normalized spacial score (nSPS) is 13.2. The molecule has 0 spiro atoms. The van der Waals surface area contributed by atoms with E-state index in [0.717, 1.165) is 6.42 Å². The Labute approximate surface area is 129 Å². The summed E-state index contributed by atoms with van der Waals surface area (Å²) in [5.74, 6) is 0. The second-order valence-corrected chi connectivity index (χ2v) is 7.12. The molecule has 0 aliphatic rings. The summed E-state index contributed by atoms with van der Waals surface area (Å²) in [6.45, 7) is 11.0. The fourth-order valence-corrected chi connectivity index (χ4v) is 2.75. The summed E-state index contributed by atoms with van der Waals surface area (Å²) in [5.41, 5.74) is 13.1. The lowest BCUT2D eigenvalue weighted by atomic mass is 9.86. The quantitative estimate of drug-likeness (QED) is 0.855. The zero-order valence-electron chi connectivity index (χ0n) is 13.9. The first-order valence-electron chi connectivity index (χ1n) is 7.69. The molecule has 1 atom stereocenters. The fraction of sp³-hybridized carbons (Fsp3) is 0.400. The molecular formula is C20H27N. The molecule has 21 heavy (non-hydrogen) atoms. The Morgan fingerprint density at radius 3 is 2.10 bits per heavy atom. The summed E-state index contributed by atoms with van der Waals surface area (Å²) in [5, 5.41) is 0. The predicted molar refractivity (Wildman–Crippen MR) is 91.7 cm³/mol. The van der Waals surface area contributed by atoms with Crippen LogP contribution in [0.15, 0.2) is 42.5 Å². The van der Waals surface area contributed by atoms with Crippen molar-refractivity contribution in [3.63, 3.8) is 0 Å². The van der Waals surface area contributed by atoms with Gasteiger partial charge in [0, 0.05) is 6.04 Å².